The summed E-state index contributed by atoms with van der Waals surface area (Å²) in [6, 6.07) is 0. The van der Waals surface area contributed by atoms with Gasteiger partial charge in [-0.15, -0.1) is 0 Å². The SMILES string of the molecule is CC1CCC(C(C)C)C(OC(=O)CC23C[C@@H]4C[C@@H](C[C]([Ge])(C4)C2)C3)C1. The topological polar surface area (TPSA) is 26.3 Å². The Labute approximate surface area is 162 Å². The Morgan fingerprint density at radius 2 is 1.80 bits per heavy atom. The number of hydrogen-bond donors (Lipinski definition) is 0. The number of carbonyl (C=O) groups excluding carboxylic acids is 1. The van der Waals surface area contributed by atoms with E-state index in [0.29, 0.717) is 28.4 Å². The van der Waals surface area contributed by atoms with Gasteiger partial charge in [0.1, 0.15) is 0 Å². The monoisotopic (exact) mass is 405 g/mol. The zero-order valence-corrected chi connectivity index (χ0v) is 18.4. The first kappa shape index (κ1) is 18.4. The molecule has 0 aromatic rings. The minimum absolute atomic E-state index is 0.121. The van der Waals surface area contributed by atoms with Crippen molar-refractivity contribution in [2.24, 2.45) is 35.0 Å². The third-order valence-corrected chi connectivity index (χ3v) is 9.17. The van der Waals surface area contributed by atoms with Crippen LogP contribution in [-0.2, 0) is 9.53 Å². The van der Waals surface area contributed by atoms with Crippen LogP contribution in [-0.4, -0.2) is 28.6 Å². The van der Waals surface area contributed by atoms with Gasteiger partial charge in [-0.2, -0.15) is 0 Å². The van der Waals surface area contributed by atoms with Crippen molar-refractivity contribution >= 4 is 22.5 Å². The van der Waals surface area contributed by atoms with Crippen molar-refractivity contribution in [2.75, 3.05) is 0 Å². The molecule has 5 saturated carbocycles. The van der Waals surface area contributed by atoms with Crippen LogP contribution in [0, 0.1) is 35.0 Å². The summed E-state index contributed by atoms with van der Waals surface area (Å²) in [6.07, 6.45) is 12.6. The van der Waals surface area contributed by atoms with E-state index >= 15 is 0 Å². The molecule has 0 aromatic carbocycles. The average Bonchev–Trinajstić information content (AvgIpc) is 2.43. The summed E-state index contributed by atoms with van der Waals surface area (Å²) in [5.74, 6) is 3.77. The van der Waals surface area contributed by atoms with Crippen molar-refractivity contribution in [1.29, 1.82) is 0 Å². The molecule has 0 saturated heterocycles. The Hall–Kier alpha value is 0.0129. The molecule has 7 atom stereocenters. The molecule has 5 unspecified atom stereocenters. The molecular weight excluding hydrogens is 369 g/mol. The second kappa shape index (κ2) is 6.56. The Balaban J connectivity index is 1.42. The van der Waals surface area contributed by atoms with Crippen LogP contribution in [0.15, 0.2) is 0 Å². The summed E-state index contributed by atoms with van der Waals surface area (Å²) in [6.45, 7) is 6.90. The van der Waals surface area contributed by atoms with Crippen molar-refractivity contribution in [2.45, 2.75) is 95.3 Å². The molecule has 0 spiro atoms. The van der Waals surface area contributed by atoms with Gasteiger partial charge in [-0.3, -0.25) is 0 Å². The summed E-state index contributed by atoms with van der Waals surface area (Å²) in [5, 5.41) is 0. The molecule has 139 valence electrons. The van der Waals surface area contributed by atoms with Gasteiger partial charge >= 0.3 is 162 Å². The fourth-order valence-electron chi connectivity index (χ4n) is 7.43. The van der Waals surface area contributed by atoms with E-state index in [-0.39, 0.29) is 17.5 Å². The Morgan fingerprint density at radius 1 is 1.12 bits per heavy atom. The maximum absolute atomic E-state index is 13.0. The number of ether oxygens (including phenoxy) is 1. The zero-order valence-electron chi connectivity index (χ0n) is 16.4. The molecule has 5 fully saturated rings. The van der Waals surface area contributed by atoms with Crippen molar-refractivity contribution in [3.63, 3.8) is 0 Å². The van der Waals surface area contributed by atoms with Crippen LogP contribution < -0.4 is 0 Å². The second-order valence-corrected chi connectivity index (χ2v) is 13.0. The molecule has 4 bridgehead atoms. The molecule has 0 amide bonds. The number of hydrogen-bond acceptors (Lipinski definition) is 2. The van der Waals surface area contributed by atoms with Gasteiger partial charge < -0.3 is 0 Å². The van der Waals surface area contributed by atoms with Crippen molar-refractivity contribution < 1.29 is 9.53 Å². The molecule has 5 aliphatic rings. The first-order valence-corrected chi connectivity index (χ1v) is 11.8. The van der Waals surface area contributed by atoms with Gasteiger partial charge in [-0.1, -0.05) is 0 Å². The second-order valence-electron chi connectivity index (χ2n) is 10.8. The predicted molar refractivity (Wildman–Crippen MR) is 101 cm³/mol. The Morgan fingerprint density at radius 3 is 2.40 bits per heavy atom. The minimum atomic E-state index is 0.121. The van der Waals surface area contributed by atoms with Crippen LogP contribution in [0.3, 0.4) is 0 Å². The number of esters is 1. The normalized spacial score (nSPS) is 48.8. The zero-order chi connectivity index (χ0) is 17.8. The van der Waals surface area contributed by atoms with Gasteiger partial charge in [0.05, 0.1) is 0 Å². The molecule has 0 aliphatic heterocycles. The van der Waals surface area contributed by atoms with Crippen LogP contribution in [0.2, 0.25) is 4.25 Å². The van der Waals surface area contributed by atoms with Gasteiger partial charge in [0.25, 0.3) is 0 Å². The van der Waals surface area contributed by atoms with Crippen LogP contribution in [0.4, 0.5) is 0 Å². The van der Waals surface area contributed by atoms with Gasteiger partial charge in [-0.05, 0) is 0 Å². The molecule has 0 N–H and O–H groups in total. The summed E-state index contributed by atoms with van der Waals surface area (Å²) >= 11 is 2.49. The number of rotatable bonds is 4. The van der Waals surface area contributed by atoms with E-state index in [0.717, 1.165) is 18.3 Å². The molecule has 3 radical (unpaired) electrons. The van der Waals surface area contributed by atoms with Gasteiger partial charge in [0, 0.05) is 0 Å². The van der Waals surface area contributed by atoms with E-state index in [1.165, 1.54) is 51.4 Å². The summed E-state index contributed by atoms with van der Waals surface area (Å²) in [4.78, 5) is 13.0. The quantitative estimate of drug-likeness (QED) is 0.469. The number of carbonyl (C=O) groups is 1. The molecule has 5 rings (SSSR count). The molecule has 0 heterocycles. The van der Waals surface area contributed by atoms with E-state index in [9.17, 15) is 4.79 Å². The predicted octanol–water partition coefficient (Wildman–Crippen LogP) is 5.31. The van der Waals surface area contributed by atoms with Gasteiger partial charge in [0.15, 0.2) is 0 Å². The third-order valence-electron chi connectivity index (χ3n) is 7.95. The molecule has 3 heteroatoms. The molecule has 2 nitrogen and oxygen atoms in total. The molecule has 25 heavy (non-hydrogen) atoms. The van der Waals surface area contributed by atoms with E-state index in [1.54, 1.807) is 0 Å². The van der Waals surface area contributed by atoms with Gasteiger partial charge in [0.2, 0.25) is 0 Å². The van der Waals surface area contributed by atoms with Crippen LogP contribution >= 0.6 is 0 Å². The Kier molecular flexibility index (Phi) is 4.83. The van der Waals surface area contributed by atoms with Crippen molar-refractivity contribution in [3.8, 4) is 0 Å². The van der Waals surface area contributed by atoms with Crippen LogP contribution in [0.5, 0.6) is 0 Å². The van der Waals surface area contributed by atoms with E-state index in [2.05, 4.69) is 37.3 Å². The fourth-order valence-corrected chi connectivity index (χ4v) is 9.42. The molecular formula is C22H35GeO2. The fraction of sp³-hybridized carbons (Fsp3) is 0.955. The average molecular weight is 404 g/mol. The first-order chi connectivity index (χ1) is 11.8. The van der Waals surface area contributed by atoms with E-state index in [1.807, 2.05) is 0 Å². The van der Waals surface area contributed by atoms with Gasteiger partial charge in [-0.25, -0.2) is 0 Å². The first-order valence-electron chi connectivity index (χ1n) is 10.7. The molecule has 5 aliphatic carbocycles. The maximum atomic E-state index is 13.0. The third kappa shape index (κ3) is 3.71. The Bertz CT molecular complexity index is 514. The summed E-state index contributed by atoms with van der Waals surface area (Å²) < 4.78 is 6.69. The summed E-state index contributed by atoms with van der Waals surface area (Å²) in [7, 11) is 0. The molecule has 0 aromatic heterocycles. The van der Waals surface area contributed by atoms with Crippen molar-refractivity contribution in [1.82, 2.24) is 0 Å². The standard InChI is InChI=1S/C22H35GeO2/c1-14(2)18-5-4-15(3)6-19(18)25-20(24)12-21-8-16-7-17(9-21)11-22(23,10-16)13-21/h14-19H,4-13H2,1-3H3/t15?,16-,17+,18?,19?,21?,22?. The van der Waals surface area contributed by atoms with E-state index < -0.39 is 0 Å². The van der Waals surface area contributed by atoms with Crippen LogP contribution in [0.25, 0.3) is 0 Å². The summed E-state index contributed by atoms with van der Waals surface area (Å²) in [5.41, 5.74) is 0.281. The van der Waals surface area contributed by atoms with Crippen LogP contribution in [0.1, 0.15) is 85.0 Å². The van der Waals surface area contributed by atoms with E-state index in [4.69, 9.17) is 4.74 Å². The van der Waals surface area contributed by atoms with Crippen molar-refractivity contribution in [3.05, 3.63) is 0 Å².